The minimum absolute atomic E-state index is 0.0903. The van der Waals surface area contributed by atoms with Crippen LogP contribution in [0.1, 0.15) is 6.42 Å². The third kappa shape index (κ3) is 3.82. The van der Waals surface area contributed by atoms with Crippen molar-refractivity contribution in [2.24, 2.45) is 5.73 Å². The predicted molar refractivity (Wildman–Crippen MR) is 34.5 cm³/mol. The number of hydrogen-bond donors (Lipinski definition) is 1. The van der Waals surface area contributed by atoms with Gasteiger partial charge in [0.15, 0.2) is 0 Å². The van der Waals surface area contributed by atoms with Crippen molar-refractivity contribution in [2.75, 3.05) is 7.11 Å². The van der Waals surface area contributed by atoms with Gasteiger partial charge >= 0.3 is 0 Å². The van der Waals surface area contributed by atoms with Crippen LogP contribution in [0.3, 0.4) is 0 Å². The third-order valence-electron chi connectivity index (χ3n) is 0.891. The van der Waals surface area contributed by atoms with Crippen LogP contribution in [0.4, 0.5) is 0 Å². The molecule has 0 saturated carbocycles. The van der Waals surface area contributed by atoms with Gasteiger partial charge in [-0.15, -0.1) is 0 Å². The highest BCUT2D eigenvalue weighted by atomic mass is 28.1. The molecule has 0 aromatic carbocycles. The molecule has 0 aromatic heterocycles. The van der Waals surface area contributed by atoms with E-state index in [1.165, 1.54) is 0 Å². The summed E-state index contributed by atoms with van der Waals surface area (Å²) in [5.41, 5.74) is 4.96. The molecule has 0 spiro atoms. The van der Waals surface area contributed by atoms with E-state index in [0.717, 1.165) is 10.2 Å². The monoisotopic (exact) mass is 133 g/mol. The Labute approximate surface area is 51.6 Å². The highest BCUT2D eigenvalue weighted by Crippen LogP contribution is 1.87. The van der Waals surface area contributed by atoms with Gasteiger partial charge in [0, 0.05) is 29.5 Å². The van der Waals surface area contributed by atoms with Crippen molar-refractivity contribution in [2.45, 2.75) is 12.1 Å². The molecule has 1 unspecified atom stereocenters. The van der Waals surface area contributed by atoms with Crippen molar-refractivity contribution in [3.05, 3.63) is 0 Å². The van der Waals surface area contributed by atoms with Crippen LogP contribution in [-0.2, 0) is 9.53 Å². The molecular weight excluding hydrogens is 122 g/mol. The predicted octanol–water partition coefficient (Wildman–Crippen LogP) is -1.80. The molecule has 0 radical (unpaired) electrons. The Kier molecular flexibility index (Phi) is 3.46. The van der Waals surface area contributed by atoms with Crippen LogP contribution < -0.4 is 5.73 Å². The Morgan fingerprint density at radius 3 is 2.62 bits per heavy atom. The third-order valence-corrected chi connectivity index (χ3v) is 1.77. The van der Waals surface area contributed by atoms with Crippen molar-refractivity contribution in [3.63, 3.8) is 0 Å². The van der Waals surface area contributed by atoms with Crippen LogP contribution in [0.5, 0.6) is 0 Å². The fourth-order valence-corrected chi connectivity index (χ4v) is 0.769. The summed E-state index contributed by atoms with van der Waals surface area (Å²) in [5, 5.41) is 0. The lowest BCUT2D eigenvalue weighted by molar-refractivity contribution is -0.119. The van der Waals surface area contributed by atoms with E-state index >= 15 is 0 Å². The van der Waals surface area contributed by atoms with Crippen LogP contribution >= 0.6 is 0 Å². The first-order chi connectivity index (χ1) is 3.66. The number of amides is 1. The largest absolute Gasteiger partial charge is 0.385 e. The van der Waals surface area contributed by atoms with Gasteiger partial charge in [0.1, 0.15) is 0 Å². The first kappa shape index (κ1) is 7.65. The smallest absolute Gasteiger partial charge is 0.219 e. The summed E-state index contributed by atoms with van der Waals surface area (Å²) in [6, 6.07) is 0. The molecule has 0 aromatic rings. The van der Waals surface area contributed by atoms with Crippen LogP contribution in [0.15, 0.2) is 0 Å². The number of primary amides is 1. The van der Waals surface area contributed by atoms with Crippen LogP contribution in [0, 0.1) is 0 Å². The molecule has 2 N–H and O–H groups in total. The molecule has 0 aliphatic heterocycles. The van der Waals surface area contributed by atoms with E-state index in [1.54, 1.807) is 7.11 Å². The summed E-state index contributed by atoms with van der Waals surface area (Å²) < 4.78 is 4.82. The molecule has 3 nitrogen and oxygen atoms in total. The second-order valence-corrected chi connectivity index (χ2v) is 3.00. The number of ether oxygens (including phenoxy) is 1. The number of rotatable bonds is 3. The molecule has 0 bridgehead atoms. The minimum atomic E-state index is -0.285. The maximum absolute atomic E-state index is 10.1. The zero-order valence-corrected chi connectivity index (χ0v) is 7.18. The Hall–Kier alpha value is -0.353. The second-order valence-electron chi connectivity index (χ2n) is 1.72. The molecule has 48 valence electrons. The van der Waals surface area contributed by atoms with Gasteiger partial charge in [-0.25, -0.2) is 0 Å². The first-order valence-electron chi connectivity index (χ1n) is 2.48. The summed E-state index contributed by atoms with van der Waals surface area (Å²) in [5.74, 6) is -0.285. The molecular formula is C4H11NO2Si. The van der Waals surface area contributed by atoms with Gasteiger partial charge in [-0.1, -0.05) is 0 Å². The van der Waals surface area contributed by atoms with Gasteiger partial charge in [0.2, 0.25) is 5.91 Å². The lowest BCUT2D eigenvalue weighted by atomic mass is 10.4. The first-order valence-corrected chi connectivity index (χ1v) is 3.63. The number of carbonyl (C=O) groups is 1. The molecule has 0 fully saturated rings. The molecule has 0 aliphatic rings. The fourth-order valence-electron chi connectivity index (χ4n) is 0.367. The average Bonchev–Trinajstić information content (AvgIpc) is 1.65. The van der Waals surface area contributed by atoms with E-state index in [0.29, 0.717) is 6.42 Å². The topological polar surface area (TPSA) is 52.3 Å². The Bertz CT molecular complexity index is 86.1. The van der Waals surface area contributed by atoms with Crippen molar-refractivity contribution in [1.82, 2.24) is 0 Å². The van der Waals surface area contributed by atoms with Crippen molar-refractivity contribution in [1.29, 1.82) is 0 Å². The highest BCUT2D eigenvalue weighted by Gasteiger charge is 2.01. The van der Waals surface area contributed by atoms with E-state index in [-0.39, 0.29) is 11.6 Å². The Morgan fingerprint density at radius 1 is 2.00 bits per heavy atom. The molecule has 4 heteroatoms. The van der Waals surface area contributed by atoms with E-state index in [4.69, 9.17) is 10.5 Å². The zero-order chi connectivity index (χ0) is 6.57. The molecule has 0 aliphatic carbocycles. The normalized spacial score (nSPS) is 13.6. The zero-order valence-electron chi connectivity index (χ0n) is 5.18. The molecule has 0 rings (SSSR count). The standard InChI is InChI=1S/C4H11NO2Si/c1-7-4(8)2-3(5)6/h4H,2H2,1,8H3,(H2,5,6). The van der Waals surface area contributed by atoms with Crippen molar-refractivity contribution >= 4 is 16.1 Å². The lowest BCUT2D eigenvalue weighted by Crippen LogP contribution is -2.21. The minimum Gasteiger partial charge on any atom is -0.385 e. The second kappa shape index (κ2) is 3.62. The van der Waals surface area contributed by atoms with Gasteiger partial charge in [-0.3, -0.25) is 4.79 Å². The molecule has 0 saturated heterocycles. The summed E-state index contributed by atoms with van der Waals surface area (Å²) in [6.07, 6.45) is 0.364. The van der Waals surface area contributed by atoms with Gasteiger partial charge < -0.3 is 10.5 Å². The van der Waals surface area contributed by atoms with E-state index in [9.17, 15) is 4.79 Å². The fraction of sp³-hybridized carbons (Fsp3) is 0.750. The Morgan fingerprint density at radius 2 is 2.50 bits per heavy atom. The van der Waals surface area contributed by atoms with Crippen LogP contribution in [0.2, 0.25) is 0 Å². The number of methoxy groups -OCH3 is 1. The quantitative estimate of drug-likeness (QED) is 0.462. The summed E-state index contributed by atoms with van der Waals surface area (Å²) >= 11 is 0. The number of hydrogen-bond acceptors (Lipinski definition) is 2. The van der Waals surface area contributed by atoms with Gasteiger partial charge in [-0.2, -0.15) is 0 Å². The number of carbonyl (C=O) groups excluding carboxylic acids is 1. The van der Waals surface area contributed by atoms with Crippen molar-refractivity contribution < 1.29 is 9.53 Å². The van der Waals surface area contributed by atoms with Gasteiger partial charge in [-0.05, 0) is 0 Å². The van der Waals surface area contributed by atoms with Crippen LogP contribution in [-0.4, -0.2) is 29.0 Å². The Balaban J connectivity index is 3.24. The molecule has 0 heterocycles. The molecule has 8 heavy (non-hydrogen) atoms. The SMILES string of the molecule is COC([SiH3])CC(N)=O. The molecule has 1 amide bonds. The maximum atomic E-state index is 10.1. The number of nitrogens with two attached hydrogens (primary N) is 1. The lowest BCUT2D eigenvalue weighted by Gasteiger charge is -2.03. The van der Waals surface area contributed by atoms with E-state index in [2.05, 4.69) is 0 Å². The summed E-state index contributed by atoms with van der Waals surface area (Å²) in [7, 11) is 2.45. The highest BCUT2D eigenvalue weighted by molar-refractivity contribution is 6.12. The summed E-state index contributed by atoms with van der Waals surface area (Å²) in [4.78, 5) is 10.1. The average molecular weight is 133 g/mol. The van der Waals surface area contributed by atoms with Gasteiger partial charge in [0.25, 0.3) is 0 Å². The summed E-state index contributed by atoms with van der Waals surface area (Å²) in [6.45, 7) is 0. The van der Waals surface area contributed by atoms with Crippen LogP contribution in [0.25, 0.3) is 0 Å². The maximum Gasteiger partial charge on any atom is 0.219 e. The van der Waals surface area contributed by atoms with Crippen molar-refractivity contribution in [3.8, 4) is 0 Å². The van der Waals surface area contributed by atoms with E-state index < -0.39 is 0 Å². The molecule has 1 atom stereocenters. The van der Waals surface area contributed by atoms with Gasteiger partial charge in [0.05, 0.1) is 0 Å². The van der Waals surface area contributed by atoms with E-state index in [1.807, 2.05) is 0 Å².